The summed E-state index contributed by atoms with van der Waals surface area (Å²) >= 11 is 6.16. The molecule has 17 heavy (non-hydrogen) atoms. The first-order valence-electron chi connectivity index (χ1n) is 6.00. The molecule has 0 aromatic heterocycles. The van der Waals surface area contributed by atoms with E-state index in [0.717, 1.165) is 12.3 Å². The standard InChI is InChI=1S/C13H19ClN2O/c1-15-13(11-4-3-7-16-11)9-5-6-12(17-2)10(14)8-9/h5-6,8,11,13,15-16H,3-4,7H2,1-2H3. The van der Waals surface area contributed by atoms with E-state index in [4.69, 9.17) is 16.3 Å². The predicted molar refractivity (Wildman–Crippen MR) is 70.8 cm³/mol. The molecule has 94 valence electrons. The van der Waals surface area contributed by atoms with Gasteiger partial charge in [-0.2, -0.15) is 0 Å². The minimum absolute atomic E-state index is 0.306. The smallest absolute Gasteiger partial charge is 0.137 e. The van der Waals surface area contributed by atoms with Crippen molar-refractivity contribution in [2.24, 2.45) is 0 Å². The van der Waals surface area contributed by atoms with Crippen molar-refractivity contribution in [3.8, 4) is 5.75 Å². The molecule has 1 saturated heterocycles. The SMILES string of the molecule is CNC(c1ccc(OC)c(Cl)c1)C1CCCN1. The number of hydrogen-bond acceptors (Lipinski definition) is 3. The largest absolute Gasteiger partial charge is 0.495 e. The average molecular weight is 255 g/mol. The van der Waals surface area contributed by atoms with Crippen LogP contribution in [0.15, 0.2) is 18.2 Å². The van der Waals surface area contributed by atoms with Gasteiger partial charge in [-0.3, -0.25) is 0 Å². The fraction of sp³-hybridized carbons (Fsp3) is 0.538. The highest BCUT2D eigenvalue weighted by Crippen LogP contribution is 2.30. The van der Waals surface area contributed by atoms with Crippen molar-refractivity contribution in [3.63, 3.8) is 0 Å². The lowest BCUT2D eigenvalue weighted by atomic mass is 9.98. The number of halogens is 1. The van der Waals surface area contributed by atoms with Crippen LogP contribution in [-0.4, -0.2) is 26.7 Å². The van der Waals surface area contributed by atoms with Crippen LogP contribution in [-0.2, 0) is 0 Å². The molecule has 1 aliphatic rings. The first-order valence-corrected chi connectivity index (χ1v) is 6.38. The van der Waals surface area contributed by atoms with E-state index >= 15 is 0 Å². The number of methoxy groups -OCH3 is 1. The summed E-state index contributed by atoms with van der Waals surface area (Å²) in [6.45, 7) is 1.10. The van der Waals surface area contributed by atoms with Crippen LogP contribution in [0.5, 0.6) is 5.75 Å². The topological polar surface area (TPSA) is 33.3 Å². The highest BCUT2D eigenvalue weighted by atomic mass is 35.5. The summed E-state index contributed by atoms with van der Waals surface area (Å²) < 4.78 is 5.17. The summed E-state index contributed by atoms with van der Waals surface area (Å²) in [5, 5.41) is 7.55. The first-order chi connectivity index (χ1) is 8.26. The van der Waals surface area contributed by atoms with Crippen LogP contribution in [0.3, 0.4) is 0 Å². The molecule has 0 amide bonds. The van der Waals surface area contributed by atoms with Gasteiger partial charge in [0, 0.05) is 12.1 Å². The van der Waals surface area contributed by atoms with Crippen molar-refractivity contribution in [2.75, 3.05) is 20.7 Å². The van der Waals surface area contributed by atoms with Gasteiger partial charge in [0.2, 0.25) is 0 Å². The van der Waals surface area contributed by atoms with Crippen LogP contribution in [0, 0.1) is 0 Å². The van der Waals surface area contributed by atoms with E-state index in [1.165, 1.54) is 18.4 Å². The van der Waals surface area contributed by atoms with E-state index < -0.39 is 0 Å². The Kier molecular flexibility index (Phi) is 4.26. The van der Waals surface area contributed by atoms with Gasteiger partial charge in [0.1, 0.15) is 5.75 Å². The van der Waals surface area contributed by atoms with Gasteiger partial charge in [-0.05, 0) is 44.1 Å². The number of nitrogens with one attached hydrogen (secondary N) is 2. The van der Waals surface area contributed by atoms with Gasteiger partial charge in [-0.1, -0.05) is 17.7 Å². The minimum atomic E-state index is 0.306. The Bertz CT molecular complexity index is 378. The maximum Gasteiger partial charge on any atom is 0.137 e. The summed E-state index contributed by atoms with van der Waals surface area (Å²) in [5.41, 5.74) is 1.21. The van der Waals surface area contributed by atoms with Crippen molar-refractivity contribution in [2.45, 2.75) is 24.9 Å². The zero-order chi connectivity index (χ0) is 12.3. The van der Waals surface area contributed by atoms with E-state index in [1.807, 2.05) is 19.2 Å². The highest BCUT2D eigenvalue weighted by molar-refractivity contribution is 6.32. The van der Waals surface area contributed by atoms with Crippen LogP contribution in [0.4, 0.5) is 0 Å². The summed E-state index contributed by atoms with van der Waals surface area (Å²) in [4.78, 5) is 0. The molecule has 0 aliphatic carbocycles. The zero-order valence-electron chi connectivity index (χ0n) is 10.3. The molecule has 3 nitrogen and oxygen atoms in total. The number of rotatable bonds is 4. The van der Waals surface area contributed by atoms with Gasteiger partial charge in [-0.25, -0.2) is 0 Å². The zero-order valence-corrected chi connectivity index (χ0v) is 11.1. The Balaban J connectivity index is 2.21. The molecule has 2 atom stereocenters. The molecule has 2 unspecified atom stereocenters. The van der Waals surface area contributed by atoms with E-state index in [2.05, 4.69) is 16.7 Å². The van der Waals surface area contributed by atoms with Crippen LogP contribution in [0.2, 0.25) is 5.02 Å². The van der Waals surface area contributed by atoms with Gasteiger partial charge >= 0.3 is 0 Å². The average Bonchev–Trinajstić information content (AvgIpc) is 2.84. The lowest BCUT2D eigenvalue weighted by molar-refractivity contribution is 0.412. The van der Waals surface area contributed by atoms with Gasteiger partial charge in [0.15, 0.2) is 0 Å². The fourth-order valence-corrected chi connectivity index (χ4v) is 2.74. The Labute approximate surface area is 107 Å². The minimum Gasteiger partial charge on any atom is -0.495 e. The Morgan fingerprint density at radius 3 is 2.88 bits per heavy atom. The Morgan fingerprint density at radius 1 is 1.53 bits per heavy atom. The van der Waals surface area contributed by atoms with Crippen LogP contribution in [0.25, 0.3) is 0 Å². The van der Waals surface area contributed by atoms with Gasteiger partial charge in [-0.15, -0.1) is 0 Å². The molecular weight excluding hydrogens is 236 g/mol. The molecule has 1 aromatic carbocycles. The Hall–Kier alpha value is -0.770. The number of benzene rings is 1. The Morgan fingerprint density at radius 2 is 2.35 bits per heavy atom. The van der Waals surface area contributed by atoms with E-state index in [0.29, 0.717) is 17.1 Å². The second kappa shape index (κ2) is 5.71. The molecule has 2 N–H and O–H groups in total. The summed E-state index contributed by atoms with van der Waals surface area (Å²) in [6, 6.07) is 6.79. The maximum atomic E-state index is 6.16. The molecule has 0 saturated carbocycles. The summed E-state index contributed by atoms with van der Waals surface area (Å²) in [7, 11) is 3.62. The molecule has 0 spiro atoms. The molecule has 1 fully saturated rings. The molecule has 1 aliphatic heterocycles. The van der Waals surface area contributed by atoms with Crippen LogP contribution >= 0.6 is 11.6 Å². The molecule has 1 aromatic rings. The van der Waals surface area contributed by atoms with E-state index in [1.54, 1.807) is 7.11 Å². The third-order valence-corrected chi connectivity index (χ3v) is 3.64. The molecular formula is C13H19ClN2O. The fourth-order valence-electron chi connectivity index (χ4n) is 2.47. The van der Waals surface area contributed by atoms with E-state index in [-0.39, 0.29) is 0 Å². The van der Waals surface area contributed by atoms with Gasteiger partial charge in [0.25, 0.3) is 0 Å². The second-order valence-corrected chi connectivity index (χ2v) is 4.77. The summed E-state index contributed by atoms with van der Waals surface area (Å²) in [6.07, 6.45) is 2.45. The number of hydrogen-bond donors (Lipinski definition) is 2. The lowest BCUT2D eigenvalue weighted by Gasteiger charge is -2.24. The molecule has 0 bridgehead atoms. The number of ether oxygens (including phenoxy) is 1. The first kappa shape index (κ1) is 12.7. The normalized spacial score (nSPS) is 21.5. The highest BCUT2D eigenvalue weighted by Gasteiger charge is 2.24. The molecule has 0 radical (unpaired) electrons. The number of likely N-dealkylation sites (N-methyl/N-ethyl adjacent to an activating group) is 1. The molecule has 1 heterocycles. The molecule has 4 heteroatoms. The third kappa shape index (κ3) is 2.73. The monoisotopic (exact) mass is 254 g/mol. The summed E-state index contributed by atoms with van der Waals surface area (Å²) in [5.74, 6) is 0.727. The van der Waals surface area contributed by atoms with Crippen LogP contribution < -0.4 is 15.4 Å². The maximum absolute atomic E-state index is 6.16. The van der Waals surface area contributed by atoms with Crippen LogP contribution in [0.1, 0.15) is 24.4 Å². The lowest BCUT2D eigenvalue weighted by Crippen LogP contribution is -2.36. The quantitative estimate of drug-likeness (QED) is 0.866. The van der Waals surface area contributed by atoms with Crippen molar-refractivity contribution in [1.82, 2.24) is 10.6 Å². The third-order valence-electron chi connectivity index (χ3n) is 3.35. The second-order valence-electron chi connectivity index (χ2n) is 4.36. The predicted octanol–water partition coefficient (Wildman–Crippen LogP) is 2.36. The van der Waals surface area contributed by atoms with Gasteiger partial charge < -0.3 is 15.4 Å². The van der Waals surface area contributed by atoms with Crippen molar-refractivity contribution in [3.05, 3.63) is 28.8 Å². The van der Waals surface area contributed by atoms with Crippen molar-refractivity contribution in [1.29, 1.82) is 0 Å². The molecule has 2 rings (SSSR count). The van der Waals surface area contributed by atoms with Crippen molar-refractivity contribution < 1.29 is 4.74 Å². The van der Waals surface area contributed by atoms with E-state index in [9.17, 15) is 0 Å². The van der Waals surface area contributed by atoms with Crippen molar-refractivity contribution >= 4 is 11.6 Å². The van der Waals surface area contributed by atoms with Gasteiger partial charge in [0.05, 0.1) is 12.1 Å².